The summed E-state index contributed by atoms with van der Waals surface area (Å²) in [6.45, 7) is 1.53. The van der Waals surface area contributed by atoms with Gasteiger partial charge in [0.15, 0.2) is 9.84 Å². The van der Waals surface area contributed by atoms with Crippen LogP contribution < -0.4 is 11.1 Å². The van der Waals surface area contributed by atoms with E-state index in [2.05, 4.69) is 5.32 Å². The van der Waals surface area contributed by atoms with Crippen LogP contribution in [0.2, 0.25) is 0 Å². The van der Waals surface area contributed by atoms with E-state index < -0.39 is 21.7 Å². The third-order valence-corrected chi connectivity index (χ3v) is 5.56. The molecule has 0 atom stereocenters. The lowest BCUT2D eigenvalue weighted by molar-refractivity contribution is 0.100. The second kappa shape index (κ2) is 6.29. The Morgan fingerprint density at radius 3 is 2.64 bits per heavy atom. The van der Waals surface area contributed by atoms with E-state index in [0.717, 1.165) is 11.3 Å². The largest absolute Gasteiger partial charge is 0.366 e. The molecule has 8 heteroatoms. The summed E-state index contributed by atoms with van der Waals surface area (Å²) in [6.07, 6.45) is 0. The van der Waals surface area contributed by atoms with Gasteiger partial charge in [0.05, 0.1) is 16.2 Å². The van der Waals surface area contributed by atoms with E-state index >= 15 is 0 Å². The van der Waals surface area contributed by atoms with Gasteiger partial charge in [0.1, 0.15) is 5.00 Å². The maximum atomic E-state index is 12.2. The minimum Gasteiger partial charge on any atom is -0.366 e. The number of benzene rings is 1. The minimum absolute atomic E-state index is 0.0468. The zero-order valence-corrected chi connectivity index (χ0v) is 13.3. The molecule has 22 heavy (non-hydrogen) atoms. The number of hydrogen-bond acceptors (Lipinski definition) is 5. The molecule has 116 valence electrons. The van der Waals surface area contributed by atoms with E-state index in [0.29, 0.717) is 5.00 Å². The number of rotatable bonds is 5. The smallest absolute Gasteiger partial charge is 0.256 e. The number of primary amides is 1. The molecule has 1 aromatic carbocycles. The lowest BCUT2D eigenvalue weighted by Gasteiger charge is -2.07. The van der Waals surface area contributed by atoms with Crippen LogP contribution in [-0.2, 0) is 9.84 Å². The molecule has 6 nitrogen and oxygen atoms in total. The third kappa shape index (κ3) is 3.34. The molecule has 0 spiro atoms. The quantitative estimate of drug-likeness (QED) is 0.868. The van der Waals surface area contributed by atoms with E-state index in [-0.39, 0.29) is 21.8 Å². The number of nitrogens with two attached hydrogens (primary N) is 1. The summed E-state index contributed by atoms with van der Waals surface area (Å²) < 4.78 is 23.7. The summed E-state index contributed by atoms with van der Waals surface area (Å²) in [7, 11) is -3.39. The SMILES string of the molecule is CCS(=O)(=O)c1cccc(C(=O)Nc2sccc2C(N)=O)c1. The first-order chi connectivity index (χ1) is 10.3. The molecule has 0 aliphatic heterocycles. The van der Waals surface area contributed by atoms with E-state index in [9.17, 15) is 18.0 Å². The Labute approximate surface area is 131 Å². The van der Waals surface area contributed by atoms with Crippen LogP contribution in [0.25, 0.3) is 0 Å². The number of amides is 2. The summed E-state index contributed by atoms with van der Waals surface area (Å²) in [5.41, 5.74) is 5.62. The molecular formula is C14H14N2O4S2. The van der Waals surface area contributed by atoms with Gasteiger partial charge in [-0.3, -0.25) is 9.59 Å². The second-order valence-corrected chi connectivity index (χ2v) is 7.61. The highest BCUT2D eigenvalue weighted by molar-refractivity contribution is 7.91. The van der Waals surface area contributed by atoms with Gasteiger partial charge in [-0.2, -0.15) is 0 Å². The van der Waals surface area contributed by atoms with E-state index in [1.807, 2.05) is 0 Å². The minimum atomic E-state index is -3.39. The third-order valence-electron chi connectivity index (χ3n) is 2.99. The van der Waals surface area contributed by atoms with Crippen molar-refractivity contribution in [3.63, 3.8) is 0 Å². The van der Waals surface area contributed by atoms with E-state index in [1.165, 1.54) is 37.3 Å². The number of carbonyl (C=O) groups is 2. The van der Waals surface area contributed by atoms with Crippen molar-refractivity contribution in [2.45, 2.75) is 11.8 Å². The molecule has 2 rings (SSSR count). The predicted octanol–water partition coefficient (Wildman–Crippen LogP) is 1.89. The number of hydrogen-bond donors (Lipinski definition) is 2. The van der Waals surface area contributed by atoms with Crippen molar-refractivity contribution in [3.8, 4) is 0 Å². The molecule has 2 amide bonds. The number of anilines is 1. The van der Waals surface area contributed by atoms with Crippen molar-refractivity contribution >= 4 is 38.0 Å². The molecule has 0 aliphatic carbocycles. The van der Waals surface area contributed by atoms with Crippen LogP contribution in [0, 0.1) is 0 Å². The van der Waals surface area contributed by atoms with Gasteiger partial charge in [-0.15, -0.1) is 11.3 Å². The molecule has 0 aliphatic rings. The molecule has 1 aromatic heterocycles. The first kappa shape index (κ1) is 16.2. The summed E-state index contributed by atoms with van der Waals surface area (Å²) in [6, 6.07) is 7.27. The van der Waals surface area contributed by atoms with Gasteiger partial charge in [0, 0.05) is 5.56 Å². The summed E-state index contributed by atoms with van der Waals surface area (Å²) in [5, 5.41) is 4.54. The molecule has 0 saturated heterocycles. The van der Waals surface area contributed by atoms with E-state index in [1.54, 1.807) is 5.38 Å². The van der Waals surface area contributed by atoms with Crippen LogP contribution >= 0.6 is 11.3 Å². The number of sulfone groups is 1. The molecule has 3 N–H and O–H groups in total. The normalized spacial score (nSPS) is 11.1. The predicted molar refractivity (Wildman–Crippen MR) is 85.0 cm³/mol. The molecule has 0 bridgehead atoms. The molecular weight excluding hydrogens is 324 g/mol. The zero-order valence-electron chi connectivity index (χ0n) is 11.7. The lowest BCUT2D eigenvalue weighted by atomic mass is 10.2. The fourth-order valence-corrected chi connectivity index (χ4v) is 3.49. The zero-order chi connectivity index (χ0) is 16.3. The average molecular weight is 338 g/mol. The van der Waals surface area contributed by atoms with Crippen LogP contribution in [0.3, 0.4) is 0 Å². The van der Waals surface area contributed by atoms with Crippen LogP contribution in [0.4, 0.5) is 5.00 Å². The van der Waals surface area contributed by atoms with Crippen molar-refractivity contribution in [3.05, 3.63) is 46.8 Å². The fraction of sp³-hybridized carbons (Fsp3) is 0.143. The number of thiophene rings is 1. The van der Waals surface area contributed by atoms with Crippen molar-refractivity contribution in [1.82, 2.24) is 0 Å². The van der Waals surface area contributed by atoms with Gasteiger partial charge in [-0.05, 0) is 29.6 Å². The summed E-state index contributed by atoms with van der Waals surface area (Å²) >= 11 is 1.16. The van der Waals surface area contributed by atoms with Gasteiger partial charge in [0.25, 0.3) is 11.8 Å². The summed E-state index contributed by atoms with van der Waals surface area (Å²) in [4.78, 5) is 23.5. The number of nitrogens with one attached hydrogen (secondary N) is 1. The van der Waals surface area contributed by atoms with Gasteiger partial charge in [-0.25, -0.2) is 8.42 Å². The Hall–Kier alpha value is -2.19. The average Bonchev–Trinajstić information content (AvgIpc) is 2.95. The van der Waals surface area contributed by atoms with E-state index in [4.69, 9.17) is 5.73 Å². The van der Waals surface area contributed by atoms with Crippen LogP contribution in [0.5, 0.6) is 0 Å². The Bertz CT molecular complexity index is 825. The lowest BCUT2D eigenvalue weighted by Crippen LogP contribution is -2.17. The van der Waals surface area contributed by atoms with Crippen molar-refractivity contribution in [1.29, 1.82) is 0 Å². The maximum absolute atomic E-state index is 12.2. The van der Waals surface area contributed by atoms with Crippen LogP contribution in [0.1, 0.15) is 27.6 Å². The van der Waals surface area contributed by atoms with Crippen LogP contribution in [0.15, 0.2) is 40.6 Å². The Morgan fingerprint density at radius 2 is 2.00 bits per heavy atom. The first-order valence-corrected chi connectivity index (χ1v) is 8.90. The highest BCUT2D eigenvalue weighted by atomic mass is 32.2. The maximum Gasteiger partial charge on any atom is 0.256 e. The standard InChI is InChI=1S/C14H14N2O4S2/c1-2-22(19,20)10-5-3-4-9(8-10)13(18)16-14-11(12(15)17)6-7-21-14/h3-8H,2H2,1H3,(H2,15,17)(H,16,18). The number of carbonyl (C=O) groups excluding carboxylic acids is 2. The second-order valence-electron chi connectivity index (χ2n) is 4.41. The van der Waals surface area contributed by atoms with Gasteiger partial charge >= 0.3 is 0 Å². The highest BCUT2D eigenvalue weighted by Crippen LogP contribution is 2.23. The Balaban J connectivity index is 2.29. The van der Waals surface area contributed by atoms with Gasteiger partial charge in [-0.1, -0.05) is 13.0 Å². The molecule has 0 radical (unpaired) electrons. The Morgan fingerprint density at radius 1 is 1.27 bits per heavy atom. The van der Waals surface area contributed by atoms with Crippen molar-refractivity contribution < 1.29 is 18.0 Å². The monoisotopic (exact) mass is 338 g/mol. The molecule has 0 fully saturated rings. The Kier molecular flexibility index (Phi) is 4.62. The van der Waals surface area contributed by atoms with Crippen molar-refractivity contribution in [2.24, 2.45) is 5.73 Å². The highest BCUT2D eigenvalue weighted by Gasteiger charge is 2.16. The topological polar surface area (TPSA) is 106 Å². The molecule has 0 unspecified atom stereocenters. The summed E-state index contributed by atoms with van der Waals surface area (Å²) in [5.74, 6) is -1.19. The first-order valence-electron chi connectivity index (χ1n) is 6.36. The molecule has 1 heterocycles. The molecule has 2 aromatic rings. The van der Waals surface area contributed by atoms with Crippen molar-refractivity contribution in [2.75, 3.05) is 11.1 Å². The fourth-order valence-electron chi connectivity index (χ4n) is 1.77. The van der Waals surface area contributed by atoms with Gasteiger partial charge in [0.2, 0.25) is 0 Å². The molecule has 0 saturated carbocycles. The van der Waals surface area contributed by atoms with Gasteiger partial charge < -0.3 is 11.1 Å². The van der Waals surface area contributed by atoms with Crippen LogP contribution in [-0.4, -0.2) is 26.0 Å².